The SMILES string of the molecule is CC(C)C[C@@H](N)C[C@H](O)P(=O)(O)O. The van der Waals surface area contributed by atoms with Crippen LogP contribution in [0.3, 0.4) is 0 Å². The molecule has 13 heavy (non-hydrogen) atoms. The fourth-order valence-electron chi connectivity index (χ4n) is 1.11. The Labute approximate surface area is 78.1 Å². The molecule has 80 valence electrons. The van der Waals surface area contributed by atoms with Gasteiger partial charge in [-0.1, -0.05) is 13.8 Å². The van der Waals surface area contributed by atoms with Gasteiger partial charge in [-0.05, 0) is 12.3 Å². The maximum atomic E-state index is 10.5. The van der Waals surface area contributed by atoms with Gasteiger partial charge in [-0.3, -0.25) is 4.57 Å². The predicted octanol–water partition coefficient (Wildman–Crippen LogP) is 0.246. The third-order valence-electron chi connectivity index (χ3n) is 1.68. The highest BCUT2D eigenvalue weighted by Gasteiger charge is 2.27. The van der Waals surface area contributed by atoms with Crippen molar-refractivity contribution in [3.8, 4) is 0 Å². The van der Waals surface area contributed by atoms with Crippen LogP contribution in [0, 0.1) is 5.92 Å². The minimum absolute atomic E-state index is 0.0531. The summed E-state index contributed by atoms with van der Waals surface area (Å²) in [5.74, 6) is -1.26. The van der Waals surface area contributed by atoms with E-state index in [1.54, 1.807) is 0 Å². The normalized spacial score (nSPS) is 17.5. The molecule has 0 aliphatic carbocycles. The highest BCUT2D eigenvalue weighted by molar-refractivity contribution is 7.52. The molecular formula is C7H18NO4P. The van der Waals surface area contributed by atoms with Gasteiger partial charge in [0.1, 0.15) is 0 Å². The third-order valence-corrected chi connectivity index (χ3v) is 2.66. The summed E-state index contributed by atoms with van der Waals surface area (Å²) in [5, 5.41) is 9.03. The third kappa shape index (κ3) is 6.18. The van der Waals surface area contributed by atoms with Crippen molar-refractivity contribution in [3.63, 3.8) is 0 Å². The molecule has 0 aromatic rings. The summed E-state index contributed by atoms with van der Waals surface area (Å²) in [6.45, 7) is 3.92. The molecular weight excluding hydrogens is 193 g/mol. The average Bonchev–Trinajstić information content (AvgIpc) is 1.82. The Hall–Kier alpha value is 0.0700. The molecule has 0 saturated carbocycles. The average molecular weight is 211 g/mol. The van der Waals surface area contributed by atoms with Gasteiger partial charge >= 0.3 is 7.60 Å². The smallest absolute Gasteiger partial charge is 0.353 e. The molecule has 0 unspecified atom stereocenters. The molecule has 2 atom stereocenters. The molecule has 0 aromatic heterocycles. The van der Waals surface area contributed by atoms with E-state index < -0.39 is 13.4 Å². The first-order chi connectivity index (χ1) is 5.73. The maximum absolute atomic E-state index is 10.5. The molecule has 0 rings (SSSR count). The van der Waals surface area contributed by atoms with Crippen LogP contribution in [0.25, 0.3) is 0 Å². The predicted molar refractivity (Wildman–Crippen MR) is 50.1 cm³/mol. The van der Waals surface area contributed by atoms with Gasteiger partial charge in [-0.2, -0.15) is 0 Å². The van der Waals surface area contributed by atoms with Crippen LogP contribution < -0.4 is 5.73 Å². The second-order valence-corrected chi connectivity index (χ2v) is 5.47. The zero-order chi connectivity index (χ0) is 10.6. The Kier molecular flexibility index (Phi) is 5.10. The van der Waals surface area contributed by atoms with E-state index >= 15 is 0 Å². The van der Waals surface area contributed by atoms with Gasteiger partial charge in [-0.15, -0.1) is 0 Å². The molecule has 0 spiro atoms. The zero-order valence-corrected chi connectivity index (χ0v) is 8.82. The summed E-state index contributed by atoms with van der Waals surface area (Å²) >= 11 is 0. The lowest BCUT2D eigenvalue weighted by Gasteiger charge is -2.18. The van der Waals surface area contributed by atoms with Gasteiger partial charge in [-0.25, -0.2) is 0 Å². The minimum atomic E-state index is -4.38. The first-order valence-electron chi connectivity index (χ1n) is 4.22. The van der Waals surface area contributed by atoms with E-state index in [4.69, 9.17) is 20.6 Å². The van der Waals surface area contributed by atoms with Crippen LogP contribution in [0.5, 0.6) is 0 Å². The van der Waals surface area contributed by atoms with Gasteiger partial charge in [0.05, 0.1) is 0 Å². The van der Waals surface area contributed by atoms with E-state index in [9.17, 15) is 4.57 Å². The number of nitrogens with two attached hydrogens (primary N) is 1. The molecule has 0 fully saturated rings. The van der Waals surface area contributed by atoms with Gasteiger partial charge in [0, 0.05) is 12.5 Å². The van der Waals surface area contributed by atoms with Crippen molar-refractivity contribution in [2.24, 2.45) is 11.7 Å². The number of hydrogen-bond acceptors (Lipinski definition) is 3. The lowest BCUT2D eigenvalue weighted by atomic mass is 10.0. The lowest BCUT2D eigenvalue weighted by molar-refractivity contribution is 0.182. The van der Waals surface area contributed by atoms with Crippen LogP contribution in [0.4, 0.5) is 0 Å². The van der Waals surface area contributed by atoms with E-state index in [1.165, 1.54) is 0 Å². The fraction of sp³-hybridized carbons (Fsp3) is 1.00. The Morgan fingerprint density at radius 1 is 1.31 bits per heavy atom. The molecule has 0 aliphatic heterocycles. The zero-order valence-electron chi connectivity index (χ0n) is 7.92. The topological polar surface area (TPSA) is 104 Å². The molecule has 0 aliphatic rings. The largest absolute Gasteiger partial charge is 0.380 e. The molecule has 6 heteroatoms. The van der Waals surface area contributed by atoms with Crippen molar-refractivity contribution in [2.75, 3.05) is 0 Å². The Morgan fingerprint density at radius 2 is 1.77 bits per heavy atom. The van der Waals surface area contributed by atoms with Crippen LogP contribution in [-0.2, 0) is 4.57 Å². The second kappa shape index (κ2) is 5.08. The molecule has 0 radical (unpaired) electrons. The van der Waals surface area contributed by atoms with Crippen molar-refractivity contribution >= 4 is 7.60 Å². The first-order valence-corrected chi connectivity index (χ1v) is 5.90. The molecule has 0 aromatic carbocycles. The molecule has 0 bridgehead atoms. The summed E-state index contributed by atoms with van der Waals surface area (Å²) in [6, 6.07) is -0.359. The summed E-state index contributed by atoms with van der Waals surface area (Å²) in [6.07, 6.45) is 0.597. The highest BCUT2D eigenvalue weighted by atomic mass is 31.2. The van der Waals surface area contributed by atoms with Crippen LogP contribution in [0.2, 0.25) is 0 Å². The van der Waals surface area contributed by atoms with Crippen molar-refractivity contribution in [3.05, 3.63) is 0 Å². The fourth-order valence-corrected chi connectivity index (χ4v) is 1.66. The van der Waals surface area contributed by atoms with E-state index in [1.807, 2.05) is 13.8 Å². The van der Waals surface area contributed by atoms with Crippen LogP contribution >= 0.6 is 7.60 Å². The summed E-state index contributed by atoms with van der Waals surface area (Å²) in [5.41, 5.74) is 5.57. The van der Waals surface area contributed by atoms with Gasteiger partial charge < -0.3 is 20.6 Å². The van der Waals surface area contributed by atoms with Gasteiger partial charge in [0.15, 0.2) is 5.85 Å². The molecule has 0 saturated heterocycles. The molecule has 0 heterocycles. The van der Waals surface area contributed by atoms with E-state index in [2.05, 4.69) is 0 Å². The summed E-state index contributed by atoms with van der Waals surface area (Å²) in [7, 11) is -4.38. The monoisotopic (exact) mass is 211 g/mol. The number of hydrogen-bond donors (Lipinski definition) is 4. The second-order valence-electron chi connectivity index (χ2n) is 3.70. The first kappa shape index (κ1) is 13.1. The molecule has 5 nitrogen and oxygen atoms in total. The quantitative estimate of drug-likeness (QED) is 0.488. The standard InChI is InChI=1S/C7H18NO4P/c1-5(2)3-6(8)4-7(9)13(10,11)12/h5-7,9H,3-4,8H2,1-2H3,(H2,10,11,12)/t6-,7-/m1/s1. The number of aliphatic hydroxyl groups excluding tert-OH is 1. The summed E-state index contributed by atoms with van der Waals surface area (Å²) in [4.78, 5) is 17.1. The van der Waals surface area contributed by atoms with E-state index in [0.29, 0.717) is 12.3 Å². The van der Waals surface area contributed by atoms with Gasteiger partial charge in [0.25, 0.3) is 0 Å². The van der Waals surface area contributed by atoms with Crippen molar-refractivity contribution < 1.29 is 19.5 Å². The van der Waals surface area contributed by atoms with Crippen molar-refractivity contribution in [2.45, 2.75) is 38.6 Å². The maximum Gasteiger partial charge on any atom is 0.353 e. The minimum Gasteiger partial charge on any atom is -0.380 e. The Balaban J connectivity index is 3.92. The Bertz CT molecular complexity index is 191. The summed E-state index contributed by atoms with van der Waals surface area (Å²) < 4.78 is 10.5. The number of rotatable bonds is 5. The lowest BCUT2D eigenvalue weighted by Crippen LogP contribution is -2.27. The Morgan fingerprint density at radius 3 is 2.08 bits per heavy atom. The highest BCUT2D eigenvalue weighted by Crippen LogP contribution is 2.41. The number of aliphatic hydroxyl groups is 1. The van der Waals surface area contributed by atoms with Crippen molar-refractivity contribution in [1.82, 2.24) is 0 Å². The van der Waals surface area contributed by atoms with Gasteiger partial charge in [0.2, 0.25) is 0 Å². The van der Waals surface area contributed by atoms with Crippen molar-refractivity contribution in [1.29, 1.82) is 0 Å². The van der Waals surface area contributed by atoms with E-state index in [0.717, 1.165) is 0 Å². The van der Waals surface area contributed by atoms with Crippen LogP contribution in [-0.4, -0.2) is 26.8 Å². The molecule has 0 amide bonds. The van der Waals surface area contributed by atoms with Crippen LogP contribution in [0.1, 0.15) is 26.7 Å². The van der Waals surface area contributed by atoms with E-state index in [-0.39, 0.29) is 12.5 Å². The van der Waals surface area contributed by atoms with Crippen LogP contribution in [0.15, 0.2) is 0 Å². The molecule has 5 N–H and O–H groups in total.